The van der Waals surface area contributed by atoms with Gasteiger partial charge < -0.3 is 5.11 Å². The van der Waals surface area contributed by atoms with Crippen LogP contribution in [0.25, 0.3) is 0 Å². The molecule has 4 nitrogen and oxygen atoms in total. The third-order valence-electron chi connectivity index (χ3n) is 3.17. The molecule has 0 atom stereocenters. The van der Waals surface area contributed by atoms with E-state index < -0.39 is 15.8 Å². The van der Waals surface area contributed by atoms with Crippen LogP contribution in [-0.4, -0.2) is 27.2 Å². The summed E-state index contributed by atoms with van der Waals surface area (Å²) in [4.78, 5) is 0.0787. The van der Waals surface area contributed by atoms with Gasteiger partial charge in [-0.15, -0.1) is 0 Å². The second kappa shape index (κ2) is 6.24. The normalized spacial score (nSPS) is 11.4. The number of hydrogen-bond donors (Lipinski definition) is 1. The third-order valence-corrected chi connectivity index (χ3v) is 4.96. The highest BCUT2D eigenvalue weighted by atomic mass is 32.2. The topological polar surface area (TPSA) is 57.6 Å². The smallest absolute Gasteiger partial charge is 0.264 e. The number of anilines is 1. The Labute approximate surface area is 123 Å². The van der Waals surface area contributed by atoms with Gasteiger partial charge in [-0.05, 0) is 36.2 Å². The molecule has 0 aliphatic carbocycles. The maximum Gasteiger partial charge on any atom is 0.264 e. The minimum absolute atomic E-state index is 0.00122. The first-order valence-corrected chi connectivity index (χ1v) is 7.84. The molecule has 0 fully saturated rings. The van der Waals surface area contributed by atoms with Gasteiger partial charge in [0, 0.05) is 13.7 Å². The Morgan fingerprint density at radius 1 is 1.10 bits per heavy atom. The van der Waals surface area contributed by atoms with E-state index in [9.17, 15) is 12.8 Å². The van der Waals surface area contributed by atoms with E-state index >= 15 is 0 Å². The lowest BCUT2D eigenvalue weighted by Gasteiger charge is -2.20. The van der Waals surface area contributed by atoms with Gasteiger partial charge in [-0.25, -0.2) is 12.8 Å². The molecule has 21 heavy (non-hydrogen) atoms. The van der Waals surface area contributed by atoms with Crippen molar-refractivity contribution in [2.24, 2.45) is 0 Å². The fraction of sp³-hybridized carbons (Fsp3) is 0.200. The van der Waals surface area contributed by atoms with Gasteiger partial charge >= 0.3 is 0 Å². The van der Waals surface area contributed by atoms with Gasteiger partial charge in [0.1, 0.15) is 5.82 Å². The zero-order valence-electron chi connectivity index (χ0n) is 11.5. The second-order valence-corrected chi connectivity index (χ2v) is 6.51. The summed E-state index contributed by atoms with van der Waals surface area (Å²) in [6.07, 6.45) is 0.462. The van der Waals surface area contributed by atoms with Crippen molar-refractivity contribution < 1.29 is 17.9 Å². The average molecular weight is 309 g/mol. The SMILES string of the molecule is CN(c1ccccc1F)S(=O)(=O)c1ccc(CCO)cc1. The van der Waals surface area contributed by atoms with Crippen LogP contribution in [-0.2, 0) is 16.4 Å². The zero-order chi connectivity index (χ0) is 15.5. The summed E-state index contributed by atoms with van der Waals surface area (Å²) in [5.74, 6) is -0.597. The monoisotopic (exact) mass is 309 g/mol. The lowest BCUT2D eigenvalue weighted by atomic mass is 10.2. The van der Waals surface area contributed by atoms with Gasteiger partial charge in [0.2, 0.25) is 0 Å². The number of sulfonamides is 1. The summed E-state index contributed by atoms with van der Waals surface area (Å²) in [5, 5.41) is 8.85. The molecule has 0 spiro atoms. The van der Waals surface area contributed by atoms with Gasteiger partial charge in [-0.3, -0.25) is 4.31 Å². The molecular weight excluding hydrogens is 293 g/mol. The molecule has 0 heterocycles. The first-order chi connectivity index (χ1) is 9.96. The highest BCUT2D eigenvalue weighted by Crippen LogP contribution is 2.24. The van der Waals surface area contributed by atoms with Crippen LogP contribution in [0.2, 0.25) is 0 Å². The van der Waals surface area contributed by atoms with Gasteiger partial charge in [0.25, 0.3) is 10.0 Å². The van der Waals surface area contributed by atoms with Crippen LogP contribution in [0.3, 0.4) is 0 Å². The molecule has 2 aromatic rings. The van der Waals surface area contributed by atoms with Crippen molar-refractivity contribution in [1.29, 1.82) is 0 Å². The number of benzene rings is 2. The Bertz CT molecular complexity index is 714. The predicted octanol–water partition coefficient (Wildman–Crippen LogP) is 2.19. The van der Waals surface area contributed by atoms with Crippen LogP contribution in [0.5, 0.6) is 0 Å². The number of hydrogen-bond acceptors (Lipinski definition) is 3. The largest absolute Gasteiger partial charge is 0.396 e. The predicted molar refractivity (Wildman–Crippen MR) is 79.2 cm³/mol. The molecule has 1 N–H and O–H groups in total. The summed E-state index contributed by atoms with van der Waals surface area (Å²) in [6.45, 7) is 0.00122. The summed E-state index contributed by atoms with van der Waals surface area (Å²) in [7, 11) is -2.50. The van der Waals surface area contributed by atoms with E-state index in [2.05, 4.69) is 0 Å². The Hall–Kier alpha value is -1.92. The van der Waals surface area contributed by atoms with Crippen molar-refractivity contribution in [3.63, 3.8) is 0 Å². The van der Waals surface area contributed by atoms with Crippen molar-refractivity contribution >= 4 is 15.7 Å². The van der Waals surface area contributed by atoms with Crippen molar-refractivity contribution in [2.45, 2.75) is 11.3 Å². The second-order valence-electron chi connectivity index (χ2n) is 4.54. The summed E-state index contributed by atoms with van der Waals surface area (Å²) < 4.78 is 39.6. The lowest BCUT2D eigenvalue weighted by molar-refractivity contribution is 0.299. The van der Waals surface area contributed by atoms with Gasteiger partial charge in [0.15, 0.2) is 0 Å². The van der Waals surface area contributed by atoms with Crippen LogP contribution < -0.4 is 4.31 Å². The molecule has 0 unspecified atom stereocenters. The Kier molecular flexibility index (Phi) is 4.59. The summed E-state index contributed by atoms with van der Waals surface area (Å²) >= 11 is 0. The van der Waals surface area contributed by atoms with Crippen LogP contribution in [0, 0.1) is 5.82 Å². The Balaban J connectivity index is 2.35. The number of halogens is 1. The Morgan fingerprint density at radius 2 is 1.71 bits per heavy atom. The van der Waals surface area contributed by atoms with E-state index in [0.717, 1.165) is 9.87 Å². The highest BCUT2D eigenvalue weighted by Gasteiger charge is 2.23. The van der Waals surface area contributed by atoms with Crippen molar-refractivity contribution in [1.82, 2.24) is 0 Å². The summed E-state index contributed by atoms with van der Waals surface area (Å²) in [6, 6.07) is 11.9. The zero-order valence-corrected chi connectivity index (χ0v) is 12.3. The number of nitrogens with zero attached hydrogens (tertiary/aromatic N) is 1. The molecule has 0 aromatic heterocycles. The van der Waals surface area contributed by atoms with Crippen molar-refractivity contribution in [3.05, 3.63) is 59.9 Å². The van der Waals surface area contributed by atoms with Crippen LogP contribution in [0.1, 0.15) is 5.56 Å². The van der Waals surface area contributed by atoms with E-state index in [1.54, 1.807) is 18.2 Å². The van der Waals surface area contributed by atoms with E-state index in [0.29, 0.717) is 6.42 Å². The highest BCUT2D eigenvalue weighted by molar-refractivity contribution is 7.92. The summed E-state index contributed by atoms with van der Waals surface area (Å²) in [5.41, 5.74) is 0.835. The fourth-order valence-electron chi connectivity index (χ4n) is 1.95. The van der Waals surface area contributed by atoms with Crippen LogP contribution >= 0.6 is 0 Å². The molecular formula is C15H16FNO3S. The number of rotatable bonds is 5. The Morgan fingerprint density at radius 3 is 2.29 bits per heavy atom. The first-order valence-electron chi connectivity index (χ1n) is 6.40. The fourth-order valence-corrected chi connectivity index (χ4v) is 3.16. The minimum atomic E-state index is -3.82. The molecule has 0 aliphatic rings. The first kappa shape index (κ1) is 15.5. The quantitative estimate of drug-likeness (QED) is 0.921. The van der Waals surface area contributed by atoms with Crippen LogP contribution in [0.15, 0.2) is 53.4 Å². The van der Waals surface area contributed by atoms with E-state index in [1.165, 1.54) is 37.4 Å². The van der Waals surface area contributed by atoms with E-state index in [1.807, 2.05) is 0 Å². The molecule has 2 rings (SSSR count). The van der Waals surface area contributed by atoms with E-state index in [-0.39, 0.29) is 17.2 Å². The molecule has 0 bridgehead atoms. The number of aliphatic hydroxyl groups excluding tert-OH is 1. The molecule has 0 aliphatic heterocycles. The lowest BCUT2D eigenvalue weighted by Crippen LogP contribution is -2.27. The molecule has 2 aromatic carbocycles. The minimum Gasteiger partial charge on any atom is -0.396 e. The molecule has 112 valence electrons. The maximum absolute atomic E-state index is 13.7. The molecule has 0 radical (unpaired) electrons. The van der Waals surface area contributed by atoms with Gasteiger partial charge in [-0.2, -0.15) is 0 Å². The van der Waals surface area contributed by atoms with Crippen LogP contribution in [0.4, 0.5) is 10.1 Å². The van der Waals surface area contributed by atoms with Crippen molar-refractivity contribution in [3.8, 4) is 0 Å². The average Bonchev–Trinajstić information content (AvgIpc) is 2.48. The molecule has 0 amide bonds. The number of aliphatic hydroxyl groups is 1. The van der Waals surface area contributed by atoms with Gasteiger partial charge in [-0.1, -0.05) is 24.3 Å². The standard InChI is InChI=1S/C15H16FNO3S/c1-17(15-5-3-2-4-14(15)16)21(19,20)13-8-6-12(7-9-13)10-11-18/h2-9,18H,10-11H2,1H3. The number of para-hydroxylation sites is 1. The molecule has 6 heteroatoms. The third kappa shape index (κ3) is 3.22. The maximum atomic E-state index is 13.7. The van der Waals surface area contributed by atoms with Gasteiger partial charge in [0.05, 0.1) is 10.6 Å². The van der Waals surface area contributed by atoms with E-state index in [4.69, 9.17) is 5.11 Å². The van der Waals surface area contributed by atoms with Crippen molar-refractivity contribution in [2.75, 3.05) is 18.0 Å². The molecule has 0 saturated heterocycles. The molecule has 0 saturated carbocycles.